The van der Waals surface area contributed by atoms with E-state index in [0.29, 0.717) is 35.9 Å². The lowest BCUT2D eigenvalue weighted by Crippen LogP contribution is -2.38. The van der Waals surface area contributed by atoms with E-state index in [0.717, 1.165) is 17.8 Å². The van der Waals surface area contributed by atoms with E-state index in [1.165, 1.54) is 18.1 Å². The Labute approximate surface area is 160 Å². The Morgan fingerprint density at radius 2 is 2.31 bits per heavy atom. The van der Waals surface area contributed by atoms with Crippen molar-refractivity contribution in [1.29, 1.82) is 0 Å². The minimum Gasteiger partial charge on any atom is -0.392 e. The monoisotopic (exact) mass is 397 g/mol. The zero-order chi connectivity index (χ0) is 17.2. The van der Waals surface area contributed by atoms with Gasteiger partial charge in [0, 0.05) is 37.6 Å². The normalized spacial score (nSPS) is 22.8. The number of aromatic nitrogens is 4. The molecule has 2 aromatic rings. The summed E-state index contributed by atoms with van der Waals surface area (Å²) in [6, 6.07) is 0.121. The molecular weight excluding hydrogens is 378 g/mol. The Kier molecular flexibility index (Phi) is 5.97. The summed E-state index contributed by atoms with van der Waals surface area (Å²) in [7, 11) is 0. The predicted octanol–water partition coefficient (Wildman–Crippen LogP) is 0.00830. The van der Waals surface area contributed by atoms with E-state index >= 15 is 0 Å². The molecule has 140 valence electrons. The zero-order valence-corrected chi connectivity index (χ0v) is 15.5. The molecule has 0 unspecified atom stereocenters. The molecule has 9 nitrogen and oxygen atoms in total. The van der Waals surface area contributed by atoms with Gasteiger partial charge in [-0.2, -0.15) is 0 Å². The van der Waals surface area contributed by atoms with Crippen LogP contribution in [0.3, 0.4) is 0 Å². The summed E-state index contributed by atoms with van der Waals surface area (Å²) in [5.74, 6) is 1.40. The second-order valence-corrected chi connectivity index (χ2v) is 7.18. The first-order chi connectivity index (χ1) is 12.2. The SMILES string of the molecule is Cl.O=C(NC[C@@H]1C[C@@H](O)CN1)C1=CN(c2ncnc3nc[nH]c23)CCS1. The van der Waals surface area contributed by atoms with Crippen molar-refractivity contribution in [1.82, 2.24) is 30.6 Å². The molecule has 0 spiro atoms. The number of carbonyl (C=O) groups is 1. The number of β-amino-alcohol motifs (C(OH)–C–C–N with tert-alkyl or cyclic N) is 1. The topological polar surface area (TPSA) is 119 Å². The number of aliphatic hydroxyl groups is 1. The highest BCUT2D eigenvalue weighted by atomic mass is 35.5. The minimum atomic E-state index is -0.324. The van der Waals surface area contributed by atoms with Crippen molar-refractivity contribution in [2.75, 3.05) is 30.3 Å². The average Bonchev–Trinajstić information content (AvgIpc) is 3.28. The Balaban J connectivity index is 0.00000196. The van der Waals surface area contributed by atoms with Crippen molar-refractivity contribution >= 4 is 47.1 Å². The van der Waals surface area contributed by atoms with Crippen LogP contribution in [0.4, 0.5) is 5.82 Å². The van der Waals surface area contributed by atoms with Crippen LogP contribution in [0.2, 0.25) is 0 Å². The molecule has 4 N–H and O–H groups in total. The van der Waals surface area contributed by atoms with E-state index in [2.05, 4.69) is 30.6 Å². The van der Waals surface area contributed by atoms with E-state index in [-0.39, 0.29) is 30.5 Å². The van der Waals surface area contributed by atoms with Crippen molar-refractivity contribution in [3.8, 4) is 0 Å². The van der Waals surface area contributed by atoms with Crippen molar-refractivity contribution < 1.29 is 9.90 Å². The molecule has 0 bridgehead atoms. The molecular formula is C15H20ClN7O2S. The summed E-state index contributed by atoms with van der Waals surface area (Å²) in [5.41, 5.74) is 1.36. The first-order valence-corrected chi connectivity index (χ1v) is 9.14. The van der Waals surface area contributed by atoms with Gasteiger partial charge in [0.05, 0.1) is 17.3 Å². The number of anilines is 1. The van der Waals surface area contributed by atoms with Gasteiger partial charge in [0.25, 0.3) is 5.91 Å². The fourth-order valence-electron chi connectivity index (χ4n) is 3.01. The van der Waals surface area contributed by atoms with Gasteiger partial charge in [-0.25, -0.2) is 15.0 Å². The Morgan fingerprint density at radius 1 is 1.42 bits per heavy atom. The van der Waals surface area contributed by atoms with Crippen molar-refractivity contribution in [2.45, 2.75) is 18.6 Å². The number of aromatic amines is 1. The van der Waals surface area contributed by atoms with Crippen LogP contribution in [0.5, 0.6) is 0 Å². The van der Waals surface area contributed by atoms with Gasteiger partial charge in [-0.3, -0.25) is 4.79 Å². The van der Waals surface area contributed by atoms with E-state index in [1.807, 2.05) is 11.1 Å². The first kappa shape index (κ1) is 18.9. The van der Waals surface area contributed by atoms with Crippen LogP contribution in [0.1, 0.15) is 6.42 Å². The van der Waals surface area contributed by atoms with E-state index in [4.69, 9.17) is 0 Å². The van der Waals surface area contributed by atoms with Crippen LogP contribution in [0.15, 0.2) is 23.8 Å². The number of nitrogens with one attached hydrogen (secondary N) is 3. The molecule has 11 heteroatoms. The lowest BCUT2D eigenvalue weighted by Gasteiger charge is -2.25. The summed E-state index contributed by atoms with van der Waals surface area (Å²) in [6.45, 7) is 1.84. The zero-order valence-electron chi connectivity index (χ0n) is 13.9. The van der Waals surface area contributed by atoms with Crippen LogP contribution in [0.25, 0.3) is 11.2 Å². The highest BCUT2D eigenvalue weighted by molar-refractivity contribution is 8.04. The maximum atomic E-state index is 12.5. The van der Waals surface area contributed by atoms with E-state index in [9.17, 15) is 9.90 Å². The second kappa shape index (κ2) is 8.21. The van der Waals surface area contributed by atoms with Crippen molar-refractivity contribution in [2.24, 2.45) is 0 Å². The number of fused-ring (bicyclic) bond motifs is 1. The molecule has 0 aliphatic carbocycles. The van der Waals surface area contributed by atoms with Gasteiger partial charge < -0.3 is 25.6 Å². The molecule has 1 fully saturated rings. The lowest BCUT2D eigenvalue weighted by atomic mass is 10.2. The van der Waals surface area contributed by atoms with Gasteiger partial charge >= 0.3 is 0 Å². The van der Waals surface area contributed by atoms with E-state index in [1.54, 1.807) is 6.33 Å². The predicted molar refractivity (Wildman–Crippen MR) is 102 cm³/mol. The number of H-pyrrole nitrogens is 1. The molecule has 4 heterocycles. The lowest BCUT2D eigenvalue weighted by molar-refractivity contribution is -0.116. The standard InChI is InChI=1S/C15H19N7O2S.ClH/c23-10-3-9(16-5-10)4-17-15(24)11-6-22(1-2-25-11)14-12-13(19-7-18-12)20-8-21-14;/h6-10,16,23H,1-5H2,(H,17,24)(H,18,19,20,21);1H/t9-,10+;/m0./s1. The molecule has 4 rings (SSSR count). The molecule has 2 atom stereocenters. The molecule has 0 saturated carbocycles. The number of rotatable bonds is 4. The smallest absolute Gasteiger partial charge is 0.259 e. The molecule has 2 aromatic heterocycles. The number of hydrogen-bond acceptors (Lipinski definition) is 8. The van der Waals surface area contributed by atoms with Crippen LogP contribution in [0, 0.1) is 0 Å². The summed E-state index contributed by atoms with van der Waals surface area (Å²) in [5, 5.41) is 15.7. The Morgan fingerprint density at radius 3 is 3.12 bits per heavy atom. The fourth-order valence-corrected chi connectivity index (χ4v) is 3.93. The third-order valence-corrected chi connectivity index (χ3v) is 5.26. The maximum absolute atomic E-state index is 12.5. The molecule has 0 radical (unpaired) electrons. The van der Waals surface area contributed by atoms with Gasteiger partial charge in [-0.1, -0.05) is 0 Å². The molecule has 2 aliphatic heterocycles. The Hall–Kier alpha value is -1.88. The number of imidazole rings is 1. The Bertz CT molecular complexity index is 814. The summed E-state index contributed by atoms with van der Waals surface area (Å²) < 4.78 is 0. The van der Waals surface area contributed by atoms with Gasteiger partial charge in [0.1, 0.15) is 11.8 Å². The number of nitrogens with zero attached hydrogens (tertiary/aromatic N) is 4. The minimum absolute atomic E-state index is 0. The van der Waals surface area contributed by atoms with Crippen LogP contribution in [-0.4, -0.2) is 68.5 Å². The molecule has 1 saturated heterocycles. The third-order valence-electron chi connectivity index (χ3n) is 4.27. The van der Waals surface area contributed by atoms with Gasteiger partial charge in [0.2, 0.25) is 0 Å². The average molecular weight is 398 g/mol. The summed E-state index contributed by atoms with van der Waals surface area (Å²) in [4.78, 5) is 30.7. The largest absolute Gasteiger partial charge is 0.392 e. The second-order valence-electron chi connectivity index (χ2n) is 6.04. The van der Waals surface area contributed by atoms with E-state index < -0.39 is 0 Å². The van der Waals surface area contributed by atoms with Gasteiger partial charge in [0.15, 0.2) is 11.5 Å². The molecule has 0 aromatic carbocycles. The molecule has 26 heavy (non-hydrogen) atoms. The number of halogens is 1. The van der Waals surface area contributed by atoms with Crippen LogP contribution in [-0.2, 0) is 4.79 Å². The fraction of sp³-hybridized carbons (Fsp3) is 0.467. The van der Waals surface area contributed by atoms with Crippen LogP contribution >= 0.6 is 24.2 Å². The van der Waals surface area contributed by atoms with Gasteiger partial charge in [-0.05, 0) is 6.42 Å². The van der Waals surface area contributed by atoms with Crippen LogP contribution < -0.4 is 15.5 Å². The highest BCUT2D eigenvalue weighted by Gasteiger charge is 2.24. The van der Waals surface area contributed by atoms with Gasteiger partial charge in [-0.15, -0.1) is 24.2 Å². The van der Waals surface area contributed by atoms with Crippen molar-refractivity contribution in [3.63, 3.8) is 0 Å². The number of hydrogen-bond donors (Lipinski definition) is 4. The van der Waals surface area contributed by atoms with Crippen molar-refractivity contribution in [3.05, 3.63) is 23.8 Å². The number of thioether (sulfide) groups is 1. The summed E-state index contributed by atoms with van der Waals surface area (Å²) >= 11 is 1.53. The number of aliphatic hydroxyl groups excluding tert-OH is 1. The maximum Gasteiger partial charge on any atom is 0.259 e. The third kappa shape index (κ3) is 3.93. The number of amides is 1. The quantitative estimate of drug-likeness (QED) is 0.569. The molecule has 1 amide bonds. The highest BCUT2D eigenvalue weighted by Crippen LogP contribution is 2.27. The molecule has 2 aliphatic rings. The number of carbonyl (C=O) groups excluding carboxylic acids is 1. The summed E-state index contributed by atoms with van der Waals surface area (Å²) in [6.07, 6.45) is 5.22. The first-order valence-electron chi connectivity index (χ1n) is 8.15.